The van der Waals surface area contributed by atoms with Crippen molar-refractivity contribution in [1.82, 2.24) is 9.88 Å². The molecule has 1 N–H and O–H groups in total. The third kappa shape index (κ3) is 1.95. The minimum Gasteiger partial charge on any atom is -0.385 e. The zero-order chi connectivity index (χ0) is 11.8. The summed E-state index contributed by atoms with van der Waals surface area (Å²) in [5, 5.41) is 10.5. The van der Waals surface area contributed by atoms with Crippen LogP contribution in [0.25, 0.3) is 0 Å². The fourth-order valence-corrected chi connectivity index (χ4v) is 2.33. The van der Waals surface area contributed by atoms with Crippen molar-refractivity contribution in [2.24, 2.45) is 0 Å². The number of aromatic nitrogens is 1. The molecular weight excluding hydrogens is 207 g/mol. The van der Waals surface area contributed by atoms with Gasteiger partial charge in [-0.15, -0.1) is 0 Å². The Morgan fingerprint density at radius 2 is 2.38 bits per heavy atom. The molecule has 3 nitrogen and oxygen atoms in total. The molecule has 1 fully saturated rings. The van der Waals surface area contributed by atoms with Crippen molar-refractivity contribution >= 4 is 0 Å². The van der Waals surface area contributed by atoms with Crippen LogP contribution in [0.3, 0.4) is 0 Å². The van der Waals surface area contributed by atoms with Crippen LogP contribution in [0, 0.1) is 5.82 Å². The highest BCUT2D eigenvalue weighted by atomic mass is 19.1. The number of pyridine rings is 1. The highest BCUT2D eigenvalue weighted by molar-refractivity contribution is 5.22. The Hall–Kier alpha value is -1.00. The maximum absolute atomic E-state index is 13.6. The molecule has 0 bridgehead atoms. The largest absolute Gasteiger partial charge is 0.385 e. The van der Waals surface area contributed by atoms with Gasteiger partial charge in [0, 0.05) is 24.3 Å². The molecule has 0 spiro atoms. The van der Waals surface area contributed by atoms with Crippen LogP contribution in [0.5, 0.6) is 0 Å². The van der Waals surface area contributed by atoms with Gasteiger partial charge in [0.05, 0.1) is 11.8 Å². The number of hydrogen-bond acceptors (Lipinski definition) is 3. The van der Waals surface area contributed by atoms with Crippen molar-refractivity contribution in [2.75, 3.05) is 13.6 Å². The summed E-state index contributed by atoms with van der Waals surface area (Å²) in [5.74, 6) is -0.415. The molecule has 1 aliphatic heterocycles. The van der Waals surface area contributed by atoms with Crippen LogP contribution in [-0.4, -0.2) is 34.6 Å². The fourth-order valence-electron chi connectivity index (χ4n) is 2.33. The van der Waals surface area contributed by atoms with Crippen molar-refractivity contribution in [3.05, 3.63) is 29.8 Å². The summed E-state index contributed by atoms with van der Waals surface area (Å²) >= 11 is 0. The van der Waals surface area contributed by atoms with Gasteiger partial charge >= 0.3 is 0 Å². The average molecular weight is 224 g/mol. The van der Waals surface area contributed by atoms with Crippen LogP contribution >= 0.6 is 0 Å². The van der Waals surface area contributed by atoms with Gasteiger partial charge in [0.2, 0.25) is 0 Å². The zero-order valence-electron chi connectivity index (χ0n) is 9.65. The van der Waals surface area contributed by atoms with E-state index in [0.29, 0.717) is 18.4 Å². The van der Waals surface area contributed by atoms with E-state index in [0.717, 1.165) is 12.7 Å². The third-order valence-corrected chi connectivity index (χ3v) is 3.54. The minimum atomic E-state index is -1.04. The van der Waals surface area contributed by atoms with E-state index in [1.54, 1.807) is 6.07 Å². The zero-order valence-corrected chi connectivity index (χ0v) is 9.65. The van der Waals surface area contributed by atoms with Gasteiger partial charge < -0.3 is 10.0 Å². The first-order valence-corrected chi connectivity index (χ1v) is 5.55. The Balaban J connectivity index is 2.29. The normalized spacial score (nSPS) is 31.6. The predicted octanol–water partition coefficient (Wildman–Crippen LogP) is 1.52. The van der Waals surface area contributed by atoms with E-state index in [-0.39, 0.29) is 6.04 Å². The van der Waals surface area contributed by atoms with Crippen molar-refractivity contribution in [1.29, 1.82) is 0 Å². The van der Waals surface area contributed by atoms with E-state index in [1.165, 1.54) is 6.20 Å². The lowest BCUT2D eigenvalue weighted by Gasteiger charge is -2.41. The Morgan fingerprint density at radius 1 is 1.62 bits per heavy atom. The van der Waals surface area contributed by atoms with Gasteiger partial charge in [0.15, 0.2) is 0 Å². The molecule has 1 aromatic heterocycles. The van der Waals surface area contributed by atoms with E-state index in [9.17, 15) is 9.50 Å². The van der Waals surface area contributed by atoms with Crippen LogP contribution in [0.15, 0.2) is 18.5 Å². The summed E-state index contributed by atoms with van der Waals surface area (Å²) < 4.78 is 13.6. The molecule has 4 heteroatoms. The van der Waals surface area contributed by atoms with E-state index < -0.39 is 11.4 Å². The van der Waals surface area contributed by atoms with Crippen LogP contribution < -0.4 is 0 Å². The smallest absolute Gasteiger partial charge is 0.147 e. The molecule has 2 heterocycles. The third-order valence-electron chi connectivity index (χ3n) is 3.54. The molecular formula is C12H17FN2O. The van der Waals surface area contributed by atoms with E-state index in [2.05, 4.69) is 9.88 Å². The maximum atomic E-state index is 13.6. The summed E-state index contributed by atoms with van der Waals surface area (Å²) in [6, 6.07) is 1.83. The summed E-state index contributed by atoms with van der Waals surface area (Å²) in [4.78, 5) is 5.88. The van der Waals surface area contributed by atoms with Gasteiger partial charge in [0.1, 0.15) is 5.82 Å². The van der Waals surface area contributed by atoms with Crippen LogP contribution in [0.2, 0.25) is 0 Å². The SMILES string of the molecule is CC1CC(O)(c2ccncc2F)CCN1C. The van der Waals surface area contributed by atoms with Crippen molar-refractivity contribution in [2.45, 2.75) is 31.4 Å². The first-order chi connectivity index (χ1) is 7.53. The summed E-state index contributed by atoms with van der Waals surface area (Å²) in [7, 11) is 2.02. The number of hydrogen-bond donors (Lipinski definition) is 1. The summed E-state index contributed by atoms with van der Waals surface area (Å²) in [5.41, 5.74) is -0.665. The standard InChI is InChI=1S/C12H17FN2O/c1-9-7-12(16,4-6-15(9)2)10-3-5-14-8-11(10)13/h3,5,8-9,16H,4,6-7H2,1-2H3. The molecule has 1 aromatic rings. The number of nitrogens with zero attached hydrogens (tertiary/aromatic N) is 2. The molecule has 88 valence electrons. The Bertz CT molecular complexity index is 385. The molecule has 0 amide bonds. The molecule has 2 rings (SSSR count). The second-order valence-electron chi connectivity index (χ2n) is 4.67. The van der Waals surface area contributed by atoms with Crippen LogP contribution in [0.1, 0.15) is 25.3 Å². The maximum Gasteiger partial charge on any atom is 0.147 e. The number of likely N-dealkylation sites (tertiary alicyclic amines) is 1. The summed E-state index contributed by atoms with van der Waals surface area (Å²) in [6.07, 6.45) is 3.81. The second-order valence-corrected chi connectivity index (χ2v) is 4.67. The highest BCUT2D eigenvalue weighted by Crippen LogP contribution is 2.36. The van der Waals surface area contributed by atoms with Gasteiger partial charge in [-0.3, -0.25) is 4.98 Å². The van der Waals surface area contributed by atoms with Gasteiger partial charge in [-0.2, -0.15) is 0 Å². The molecule has 1 saturated heterocycles. The van der Waals surface area contributed by atoms with Gasteiger partial charge in [-0.05, 0) is 32.9 Å². The van der Waals surface area contributed by atoms with Crippen LogP contribution in [0.4, 0.5) is 4.39 Å². The van der Waals surface area contributed by atoms with Crippen LogP contribution in [-0.2, 0) is 5.60 Å². The van der Waals surface area contributed by atoms with E-state index in [4.69, 9.17) is 0 Å². The first-order valence-electron chi connectivity index (χ1n) is 5.55. The molecule has 0 aromatic carbocycles. The van der Waals surface area contributed by atoms with Gasteiger partial charge in [-0.1, -0.05) is 0 Å². The minimum absolute atomic E-state index is 0.256. The van der Waals surface area contributed by atoms with E-state index in [1.807, 2.05) is 14.0 Å². The summed E-state index contributed by atoms with van der Waals surface area (Å²) in [6.45, 7) is 2.82. The van der Waals surface area contributed by atoms with Crippen molar-refractivity contribution < 1.29 is 9.50 Å². The topological polar surface area (TPSA) is 36.4 Å². The molecule has 1 aliphatic rings. The van der Waals surface area contributed by atoms with E-state index >= 15 is 0 Å². The monoisotopic (exact) mass is 224 g/mol. The lowest BCUT2D eigenvalue weighted by Crippen LogP contribution is -2.46. The number of halogens is 1. The average Bonchev–Trinajstić information content (AvgIpc) is 2.25. The van der Waals surface area contributed by atoms with Crippen molar-refractivity contribution in [3.63, 3.8) is 0 Å². The lowest BCUT2D eigenvalue weighted by atomic mass is 9.81. The molecule has 0 radical (unpaired) electrons. The quantitative estimate of drug-likeness (QED) is 0.785. The predicted molar refractivity (Wildman–Crippen MR) is 59.4 cm³/mol. The Labute approximate surface area is 94.9 Å². The second kappa shape index (κ2) is 4.11. The highest BCUT2D eigenvalue weighted by Gasteiger charge is 2.38. The van der Waals surface area contributed by atoms with Gasteiger partial charge in [-0.25, -0.2) is 4.39 Å². The molecule has 16 heavy (non-hydrogen) atoms. The lowest BCUT2D eigenvalue weighted by molar-refractivity contribution is -0.0433. The Morgan fingerprint density at radius 3 is 3.00 bits per heavy atom. The number of rotatable bonds is 1. The Kier molecular flexibility index (Phi) is 2.95. The molecule has 2 unspecified atom stereocenters. The molecule has 2 atom stereocenters. The number of aliphatic hydroxyl groups is 1. The first kappa shape index (κ1) is 11.5. The van der Waals surface area contributed by atoms with Gasteiger partial charge in [0.25, 0.3) is 0 Å². The fraction of sp³-hybridized carbons (Fsp3) is 0.583. The molecule has 0 aliphatic carbocycles. The molecule has 0 saturated carbocycles. The number of piperidine rings is 1. The van der Waals surface area contributed by atoms with Crippen molar-refractivity contribution in [3.8, 4) is 0 Å².